The molecule has 10 heteroatoms. The van der Waals surface area contributed by atoms with E-state index < -0.39 is 10.0 Å². The monoisotopic (exact) mass is 415 g/mol. The summed E-state index contributed by atoms with van der Waals surface area (Å²) in [5.74, 6) is 1.54. The van der Waals surface area contributed by atoms with Crippen LogP contribution in [0.2, 0.25) is 0 Å². The van der Waals surface area contributed by atoms with Crippen LogP contribution in [0.25, 0.3) is 10.6 Å². The van der Waals surface area contributed by atoms with Crippen molar-refractivity contribution in [2.75, 3.05) is 25.1 Å². The number of thiophene rings is 1. The van der Waals surface area contributed by atoms with Gasteiger partial charge >= 0.3 is 0 Å². The molecule has 1 unspecified atom stereocenters. The zero-order valence-electron chi connectivity index (χ0n) is 14.4. The van der Waals surface area contributed by atoms with Gasteiger partial charge in [0.15, 0.2) is 5.76 Å². The predicted molar refractivity (Wildman–Crippen MR) is 104 cm³/mol. The molecule has 0 saturated carbocycles. The highest BCUT2D eigenvalue weighted by Crippen LogP contribution is 2.26. The molecule has 2 aromatic rings. The van der Waals surface area contributed by atoms with E-state index in [1.54, 1.807) is 11.3 Å². The van der Waals surface area contributed by atoms with Gasteiger partial charge in [-0.25, -0.2) is 12.7 Å². The first-order valence-corrected chi connectivity index (χ1v) is 12.1. The Morgan fingerprint density at radius 3 is 3.12 bits per heavy atom. The molecule has 1 N–H and O–H groups in total. The molecule has 1 fully saturated rings. The first-order valence-electron chi connectivity index (χ1n) is 8.23. The SMILES string of the molecule is CS(=O)(=O)N1CCCC(NC(=O)CSCc2cc(-c3cccs3)on2)C1. The number of rotatable bonds is 7. The van der Waals surface area contributed by atoms with E-state index in [-0.39, 0.29) is 11.9 Å². The van der Waals surface area contributed by atoms with Gasteiger partial charge in [0.05, 0.1) is 22.6 Å². The molecule has 2 aromatic heterocycles. The number of hydrogen-bond acceptors (Lipinski definition) is 7. The Bertz CT molecular complexity index is 833. The molecule has 26 heavy (non-hydrogen) atoms. The summed E-state index contributed by atoms with van der Waals surface area (Å²) in [6.45, 7) is 0.876. The molecular weight excluding hydrogens is 394 g/mol. The highest BCUT2D eigenvalue weighted by molar-refractivity contribution is 7.99. The van der Waals surface area contributed by atoms with Crippen LogP contribution >= 0.6 is 23.1 Å². The van der Waals surface area contributed by atoms with Crippen LogP contribution in [0.3, 0.4) is 0 Å². The Kier molecular flexibility index (Phi) is 6.38. The van der Waals surface area contributed by atoms with Crippen molar-refractivity contribution in [1.82, 2.24) is 14.8 Å². The maximum absolute atomic E-state index is 12.1. The van der Waals surface area contributed by atoms with Crippen molar-refractivity contribution in [1.29, 1.82) is 0 Å². The fraction of sp³-hybridized carbons (Fsp3) is 0.500. The first kappa shape index (κ1) is 19.4. The average Bonchev–Trinajstić information content (AvgIpc) is 3.25. The Morgan fingerprint density at radius 1 is 1.54 bits per heavy atom. The second-order valence-corrected chi connectivity index (χ2v) is 10.1. The van der Waals surface area contributed by atoms with Gasteiger partial charge in [-0.05, 0) is 24.3 Å². The summed E-state index contributed by atoms with van der Waals surface area (Å²) in [7, 11) is -3.20. The molecule has 0 bridgehead atoms. The van der Waals surface area contributed by atoms with Gasteiger partial charge in [0, 0.05) is 31.0 Å². The van der Waals surface area contributed by atoms with Crippen molar-refractivity contribution in [2.45, 2.75) is 24.6 Å². The minimum atomic E-state index is -3.20. The third kappa shape index (κ3) is 5.32. The maximum Gasteiger partial charge on any atom is 0.230 e. The van der Waals surface area contributed by atoms with Crippen LogP contribution < -0.4 is 5.32 Å². The molecule has 3 rings (SSSR count). The maximum atomic E-state index is 12.1. The number of sulfonamides is 1. The van der Waals surface area contributed by atoms with Crippen molar-refractivity contribution in [3.05, 3.63) is 29.3 Å². The van der Waals surface area contributed by atoms with Gasteiger partial charge < -0.3 is 9.84 Å². The summed E-state index contributed by atoms with van der Waals surface area (Å²) in [6.07, 6.45) is 2.76. The van der Waals surface area contributed by atoms with E-state index in [1.807, 2.05) is 23.6 Å². The Labute approximate surface area is 161 Å². The first-order chi connectivity index (χ1) is 12.4. The molecule has 142 valence electrons. The molecule has 1 saturated heterocycles. The molecule has 0 aliphatic carbocycles. The second-order valence-electron chi connectivity index (χ2n) is 6.18. The van der Waals surface area contributed by atoms with Gasteiger partial charge in [0.25, 0.3) is 0 Å². The zero-order chi connectivity index (χ0) is 18.6. The fourth-order valence-corrected chi connectivity index (χ4v) is 5.09. The highest BCUT2D eigenvalue weighted by atomic mass is 32.2. The molecule has 3 heterocycles. The lowest BCUT2D eigenvalue weighted by Gasteiger charge is -2.31. The number of aromatic nitrogens is 1. The largest absolute Gasteiger partial charge is 0.355 e. The van der Waals surface area contributed by atoms with Gasteiger partial charge in [0.2, 0.25) is 15.9 Å². The number of hydrogen-bond donors (Lipinski definition) is 1. The Hall–Kier alpha value is -1.36. The average molecular weight is 416 g/mol. The van der Waals surface area contributed by atoms with Crippen LogP contribution in [-0.4, -0.2) is 54.9 Å². The number of nitrogens with zero attached hydrogens (tertiary/aromatic N) is 2. The molecule has 7 nitrogen and oxygen atoms in total. The van der Waals surface area contributed by atoms with Crippen molar-refractivity contribution in [2.24, 2.45) is 0 Å². The number of thioether (sulfide) groups is 1. The number of piperidine rings is 1. The quantitative estimate of drug-likeness (QED) is 0.745. The number of nitrogens with one attached hydrogen (secondary N) is 1. The van der Waals surface area contributed by atoms with Gasteiger partial charge in [-0.2, -0.15) is 0 Å². The number of amides is 1. The number of carbonyl (C=O) groups is 1. The lowest BCUT2D eigenvalue weighted by Crippen LogP contribution is -2.49. The molecule has 1 aliphatic rings. The van der Waals surface area contributed by atoms with Crippen LogP contribution in [0.15, 0.2) is 28.1 Å². The highest BCUT2D eigenvalue weighted by Gasteiger charge is 2.26. The van der Waals surface area contributed by atoms with Gasteiger partial charge in [-0.3, -0.25) is 4.79 Å². The molecule has 0 spiro atoms. The molecule has 0 aromatic carbocycles. The molecule has 1 amide bonds. The summed E-state index contributed by atoms with van der Waals surface area (Å²) in [6, 6.07) is 5.70. The molecular formula is C16H21N3O4S3. The van der Waals surface area contributed by atoms with Gasteiger partial charge in [-0.15, -0.1) is 23.1 Å². The van der Waals surface area contributed by atoms with Crippen LogP contribution in [0, 0.1) is 0 Å². The van der Waals surface area contributed by atoms with Crippen molar-refractivity contribution < 1.29 is 17.7 Å². The van der Waals surface area contributed by atoms with E-state index in [0.717, 1.165) is 29.2 Å². The van der Waals surface area contributed by atoms with Crippen molar-refractivity contribution in [3.8, 4) is 10.6 Å². The third-order valence-electron chi connectivity index (χ3n) is 4.02. The standard InChI is InChI=1S/C16H21N3O4S3/c1-26(21,22)19-6-2-4-12(9-19)17-16(20)11-24-10-13-8-14(23-18-13)15-5-3-7-25-15/h3,5,7-8,12H,2,4,6,9-11H2,1H3,(H,17,20). The fourth-order valence-electron chi connectivity index (χ4n) is 2.79. The topological polar surface area (TPSA) is 92.5 Å². The second kappa shape index (κ2) is 8.55. The molecule has 1 atom stereocenters. The lowest BCUT2D eigenvalue weighted by molar-refractivity contribution is -0.119. The molecule has 0 radical (unpaired) electrons. The number of carbonyl (C=O) groups excluding carboxylic acids is 1. The predicted octanol–water partition coefficient (Wildman–Crippen LogP) is 2.18. The zero-order valence-corrected chi connectivity index (χ0v) is 16.8. The van der Waals surface area contributed by atoms with E-state index >= 15 is 0 Å². The Morgan fingerprint density at radius 2 is 2.38 bits per heavy atom. The smallest absolute Gasteiger partial charge is 0.230 e. The minimum absolute atomic E-state index is 0.0858. The van der Waals surface area contributed by atoms with Gasteiger partial charge in [0.1, 0.15) is 0 Å². The summed E-state index contributed by atoms with van der Waals surface area (Å²) < 4.78 is 30.0. The third-order valence-corrected chi connectivity index (χ3v) is 7.14. The van der Waals surface area contributed by atoms with E-state index in [2.05, 4.69) is 10.5 Å². The van der Waals surface area contributed by atoms with E-state index in [9.17, 15) is 13.2 Å². The summed E-state index contributed by atoms with van der Waals surface area (Å²) in [5, 5.41) is 8.93. The van der Waals surface area contributed by atoms with Crippen LogP contribution in [0.4, 0.5) is 0 Å². The van der Waals surface area contributed by atoms with Crippen LogP contribution in [0.1, 0.15) is 18.5 Å². The van der Waals surface area contributed by atoms with Gasteiger partial charge in [-0.1, -0.05) is 11.2 Å². The lowest BCUT2D eigenvalue weighted by atomic mass is 10.1. The summed E-state index contributed by atoms with van der Waals surface area (Å²) in [4.78, 5) is 13.1. The minimum Gasteiger partial charge on any atom is -0.355 e. The normalized spacial score (nSPS) is 18.7. The van der Waals surface area contributed by atoms with Crippen molar-refractivity contribution >= 4 is 39.0 Å². The van der Waals surface area contributed by atoms with Crippen molar-refractivity contribution in [3.63, 3.8) is 0 Å². The Balaban J connectivity index is 1.42. The van der Waals surface area contributed by atoms with Crippen LogP contribution in [-0.2, 0) is 20.6 Å². The van der Waals surface area contributed by atoms with E-state index in [1.165, 1.54) is 22.3 Å². The van der Waals surface area contributed by atoms with E-state index in [0.29, 0.717) is 24.6 Å². The van der Waals surface area contributed by atoms with Crippen LogP contribution in [0.5, 0.6) is 0 Å². The summed E-state index contributed by atoms with van der Waals surface area (Å²) >= 11 is 3.04. The summed E-state index contributed by atoms with van der Waals surface area (Å²) in [5.41, 5.74) is 0.798. The van der Waals surface area contributed by atoms with E-state index in [4.69, 9.17) is 4.52 Å². The molecule has 1 aliphatic heterocycles.